The van der Waals surface area contributed by atoms with Crippen LogP contribution >= 0.6 is 11.3 Å². The molecule has 2 heterocycles. The largest absolute Gasteiger partial charge is 0.300 e. The third kappa shape index (κ3) is 2.66. The minimum absolute atomic E-state index is 0.0367. The first-order valence-electron chi connectivity index (χ1n) is 5.99. The number of fused-ring (bicyclic) bond motifs is 1. The Morgan fingerprint density at radius 1 is 1.33 bits per heavy atom. The van der Waals surface area contributed by atoms with Crippen LogP contribution in [0.3, 0.4) is 0 Å². The summed E-state index contributed by atoms with van der Waals surface area (Å²) in [7, 11) is 0. The van der Waals surface area contributed by atoms with Crippen molar-refractivity contribution in [3.05, 3.63) is 5.82 Å². The molecule has 2 rings (SSSR count). The second kappa shape index (κ2) is 5.01. The maximum absolute atomic E-state index is 11.6. The van der Waals surface area contributed by atoms with E-state index in [4.69, 9.17) is 0 Å². The van der Waals surface area contributed by atoms with Crippen LogP contribution in [0.4, 0.5) is 5.13 Å². The van der Waals surface area contributed by atoms with Gasteiger partial charge < -0.3 is 5.32 Å². The second-order valence-corrected chi connectivity index (χ2v) is 5.92. The van der Waals surface area contributed by atoms with Crippen LogP contribution in [-0.2, 0) is 11.2 Å². The minimum Gasteiger partial charge on any atom is -0.300 e. The summed E-state index contributed by atoms with van der Waals surface area (Å²) in [4.78, 5) is 12.3. The van der Waals surface area contributed by atoms with Crippen molar-refractivity contribution in [2.24, 2.45) is 11.8 Å². The lowest BCUT2D eigenvalue weighted by atomic mass is 10.1. The van der Waals surface area contributed by atoms with E-state index in [-0.39, 0.29) is 11.8 Å². The quantitative estimate of drug-likeness (QED) is 0.919. The van der Waals surface area contributed by atoms with Gasteiger partial charge in [0.25, 0.3) is 0 Å². The molecule has 0 aliphatic rings. The molecule has 0 fully saturated rings. The molecule has 2 aromatic heterocycles. The van der Waals surface area contributed by atoms with Crippen molar-refractivity contribution in [2.45, 2.75) is 34.1 Å². The van der Waals surface area contributed by atoms with Crippen LogP contribution in [0.1, 0.15) is 33.5 Å². The number of aromatic nitrogens is 4. The van der Waals surface area contributed by atoms with Gasteiger partial charge in [-0.2, -0.15) is 4.52 Å². The number of anilines is 1. The van der Waals surface area contributed by atoms with Gasteiger partial charge in [0.2, 0.25) is 16.0 Å². The molecule has 1 N–H and O–H groups in total. The molecule has 0 aromatic carbocycles. The van der Waals surface area contributed by atoms with Crippen molar-refractivity contribution in [3.8, 4) is 0 Å². The average Bonchev–Trinajstić information content (AvgIpc) is 2.79. The maximum atomic E-state index is 11.6. The van der Waals surface area contributed by atoms with Gasteiger partial charge in [-0.1, -0.05) is 39.0 Å². The fraction of sp³-hybridized carbons (Fsp3) is 0.636. The lowest BCUT2D eigenvalue weighted by molar-refractivity contribution is -0.118. The number of rotatable bonds is 4. The second-order valence-electron chi connectivity index (χ2n) is 4.96. The number of hydrogen-bond donors (Lipinski definition) is 1. The number of carbonyl (C=O) groups excluding carboxylic acids is 1. The topological polar surface area (TPSA) is 72.2 Å². The van der Waals surface area contributed by atoms with Crippen LogP contribution in [0.2, 0.25) is 0 Å². The van der Waals surface area contributed by atoms with Crippen molar-refractivity contribution >= 4 is 27.3 Å². The van der Waals surface area contributed by atoms with Crippen LogP contribution in [0.15, 0.2) is 0 Å². The third-order valence-electron chi connectivity index (χ3n) is 2.40. The van der Waals surface area contributed by atoms with Crippen molar-refractivity contribution in [1.82, 2.24) is 19.8 Å². The molecule has 0 atom stereocenters. The van der Waals surface area contributed by atoms with Gasteiger partial charge in [-0.3, -0.25) is 4.79 Å². The van der Waals surface area contributed by atoms with Crippen LogP contribution in [-0.4, -0.2) is 25.7 Å². The van der Waals surface area contributed by atoms with Crippen molar-refractivity contribution in [2.75, 3.05) is 5.32 Å². The lowest BCUT2D eigenvalue weighted by Gasteiger charge is -2.03. The van der Waals surface area contributed by atoms with E-state index in [1.165, 1.54) is 11.3 Å². The Balaban J connectivity index is 2.22. The number of carbonyl (C=O) groups is 1. The van der Waals surface area contributed by atoms with Crippen molar-refractivity contribution in [3.63, 3.8) is 0 Å². The van der Waals surface area contributed by atoms with Gasteiger partial charge in [-0.25, -0.2) is 0 Å². The van der Waals surface area contributed by atoms with Crippen molar-refractivity contribution in [1.29, 1.82) is 0 Å². The van der Waals surface area contributed by atoms with E-state index in [0.29, 0.717) is 16.0 Å². The molecular weight excluding hydrogens is 250 g/mol. The highest BCUT2D eigenvalue weighted by atomic mass is 32.1. The summed E-state index contributed by atoms with van der Waals surface area (Å²) in [6.07, 6.45) is 0.822. The molecule has 0 bridgehead atoms. The van der Waals surface area contributed by atoms with Gasteiger partial charge in [-0.05, 0) is 5.92 Å². The predicted molar refractivity (Wildman–Crippen MR) is 70.7 cm³/mol. The Kier molecular flexibility index (Phi) is 3.60. The zero-order valence-electron chi connectivity index (χ0n) is 11.0. The van der Waals surface area contributed by atoms with Gasteiger partial charge in [0, 0.05) is 12.3 Å². The van der Waals surface area contributed by atoms with Gasteiger partial charge in [0.15, 0.2) is 5.82 Å². The maximum Gasteiger partial charge on any atom is 0.236 e. The summed E-state index contributed by atoms with van der Waals surface area (Å²) >= 11 is 1.34. The van der Waals surface area contributed by atoms with Crippen LogP contribution in [0.25, 0.3) is 4.96 Å². The van der Waals surface area contributed by atoms with Gasteiger partial charge >= 0.3 is 0 Å². The molecule has 2 aromatic rings. The third-order valence-corrected chi connectivity index (χ3v) is 3.21. The molecular formula is C11H17N5OS. The standard InChI is InChI=1S/C11H17N5OS/c1-6(2)5-8-13-14-11-16(8)15-10(18-11)12-9(17)7(3)4/h6-7H,5H2,1-4H3,(H,12,15,17). The van der Waals surface area contributed by atoms with Crippen molar-refractivity contribution < 1.29 is 4.79 Å². The highest BCUT2D eigenvalue weighted by Crippen LogP contribution is 2.20. The molecule has 0 aliphatic carbocycles. The van der Waals surface area contributed by atoms with Crippen LogP contribution in [0, 0.1) is 11.8 Å². The fourth-order valence-corrected chi connectivity index (χ4v) is 2.21. The summed E-state index contributed by atoms with van der Waals surface area (Å²) < 4.78 is 1.71. The summed E-state index contributed by atoms with van der Waals surface area (Å²) in [5.41, 5.74) is 0. The Hall–Kier alpha value is -1.50. The zero-order valence-corrected chi connectivity index (χ0v) is 11.8. The van der Waals surface area contributed by atoms with E-state index >= 15 is 0 Å². The number of amides is 1. The Labute approximate surface area is 109 Å². The van der Waals surface area contributed by atoms with Crippen LogP contribution < -0.4 is 5.32 Å². The first kappa shape index (κ1) is 12.9. The van der Waals surface area contributed by atoms with E-state index in [1.807, 2.05) is 13.8 Å². The fourth-order valence-electron chi connectivity index (χ4n) is 1.45. The monoisotopic (exact) mass is 267 g/mol. The van der Waals surface area contributed by atoms with Crippen LogP contribution in [0.5, 0.6) is 0 Å². The number of nitrogens with zero attached hydrogens (tertiary/aromatic N) is 4. The van der Waals surface area contributed by atoms with E-state index in [9.17, 15) is 4.79 Å². The summed E-state index contributed by atoms with van der Waals surface area (Å²) in [6.45, 7) is 7.93. The van der Waals surface area contributed by atoms with Gasteiger partial charge in [0.1, 0.15) is 0 Å². The van der Waals surface area contributed by atoms with E-state index < -0.39 is 0 Å². The van der Waals surface area contributed by atoms with E-state index in [2.05, 4.69) is 34.5 Å². The van der Waals surface area contributed by atoms with Gasteiger partial charge in [0.05, 0.1) is 0 Å². The summed E-state index contributed by atoms with van der Waals surface area (Å²) in [5.74, 6) is 1.23. The Morgan fingerprint density at radius 3 is 2.67 bits per heavy atom. The molecule has 1 amide bonds. The van der Waals surface area contributed by atoms with E-state index in [0.717, 1.165) is 12.2 Å². The lowest BCUT2D eigenvalue weighted by Crippen LogP contribution is -2.17. The molecule has 7 heteroatoms. The molecule has 0 spiro atoms. The molecule has 0 aliphatic heterocycles. The smallest absolute Gasteiger partial charge is 0.236 e. The predicted octanol–water partition coefficient (Wildman–Crippen LogP) is 1.98. The summed E-state index contributed by atoms with van der Waals surface area (Å²) in [5, 5.41) is 15.8. The SMILES string of the molecule is CC(C)Cc1nnc2sc(NC(=O)C(C)C)nn12. The summed E-state index contributed by atoms with van der Waals surface area (Å²) in [6, 6.07) is 0. The highest BCUT2D eigenvalue weighted by molar-refractivity contribution is 7.20. The van der Waals surface area contributed by atoms with Gasteiger partial charge in [-0.15, -0.1) is 15.3 Å². The molecule has 0 saturated carbocycles. The normalized spacial score (nSPS) is 11.7. The molecule has 6 nitrogen and oxygen atoms in total. The Morgan fingerprint density at radius 2 is 2.06 bits per heavy atom. The zero-order chi connectivity index (χ0) is 13.3. The highest BCUT2D eigenvalue weighted by Gasteiger charge is 2.15. The number of hydrogen-bond acceptors (Lipinski definition) is 5. The number of nitrogens with one attached hydrogen (secondary N) is 1. The first-order chi connectivity index (χ1) is 8.47. The molecule has 98 valence electrons. The van der Waals surface area contributed by atoms with E-state index in [1.54, 1.807) is 4.52 Å². The first-order valence-corrected chi connectivity index (χ1v) is 6.81. The Bertz CT molecular complexity index is 557. The molecule has 0 radical (unpaired) electrons. The minimum atomic E-state index is -0.0607. The molecule has 0 saturated heterocycles. The molecule has 18 heavy (non-hydrogen) atoms. The average molecular weight is 267 g/mol. The molecule has 0 unspecified atom stereocenters.